The molecule has 0 bridgehead atoms. The molecule has 1 N–H and O–H groups in total. The lowest BCUT2D eigenvalue weighted by atomic mass is 10.1. The summed E-state index contributed by atoms with van der Waals surface area (Å²) in [5, 5.41) is 8.78. The zero-order valence-electron chi connectivity index (χ0n) is 9.81. The predicted octanol–water partition coefficient (Wildman–Crippen LogP) is 0.877. The zero-order valence-corrected chi connectivity index (χ0v) is 9.81. The highest BCUT2D eigenvalue weighted by Crippen LogP contribution is 2.23. The van der Waals surface area contributed by atoms with Crippen LogP contribution in [-0.4, -0.2) is 47.7 Å². The lowest BCUT2D eigenvalue weighted by Crippen LogP contribution is -2.37. The number of nitrogens with zero attached hydrogens (tertiary/aromatic N) is 1. The van der Waals surface area contributed by atoms with Gasteiger partial charge in [0.2, 0.25) is 5.91 Å². The van der Waals surface area contributed by atoms with Crippen molar-refractivity contribution in [2.24, 2.45) is 0 Å². The Bertz CT molecular complexity index is 267. The number of hydrogen-bond acceptors (Lipinski definition) is 3. The molecule has 0 spiro atoms. The van der Waals surface area contributed by atoms with Gasteiger partial charge in [-0.2, -0.15) is 0 Å². The number of amides is 1. The van der Waals surface area contributed by atoms with Crippen LogP contribution < -0.4 is 0 Å². The van der Waals surface area contributed by atoms with Crippen molar-refractivity contribution in [1.82, 2.24) is 4.90 Å². The zero-order chi connectivity index (χ0) is 12.1. The molecule has 5 heteroatoms. The summed E-state index contributed by atoms with van der Waals surface area (Å²) >= 11 is 0. The number of carbonyl (C=O) groups is 2. The maximum absolute atomic E-state index is 11.8. The highest BCUT2D eigenvalue weighted by Gasteiger charge is 2.35. The summed E-state index contributed by atoms with van der Waals surface area (Å²) in [4.78, 5) is 24.1. The Hall–Kier alpha value is -1.10. The van der Waals surface area contributed by atoms with E-state index in [0.29, 0.717) is 19.4 Å². The smallest absolute Gasteiger partial charge is 0.305 e. The summed E-state index contributed by atoms with van der Waals surface area (Å²) in [5.74, 6) is -0.829. The molecule has 1 rings (SSSR count). The third kappa shape index (κ3) is 3.20. The molecule has 16 heavy (non-hydrogen) atoms. The quantitative estimate of drug-likeness (QED) is 0.759. The van der Waals surface area contributed by atoms with E-state index in [0.717, 1.165) is 6.42 Å². The Balaban J connectivity index is 2.63. The van der Waals surface area contributed by atoms with Gasteiger partial charge >= 0.3 is 5.97 Å². The highest BCUT2D eigenvalue weighted by atomic mass is 16.5. The van der Waals surface area contributed by atoms with Crippen molar-refractivity contribution in [2.75, 3.05) is 13.7 Å². The third-order valence-corrected chi connectivity index (χ3v) is 2.90. The first kappa shape index (κ1) is 13.0. The first-order valence-corrected chi connectivity index (χ1v) is 5.62. The minimum absolute atomic E-state index is 0.00924. The van der Waals surface area contributed by atoms with Crippen LogP contribution >= 0.6 is 0 Å². The molecule has 92 valence electrons. The van der Waals surface area contributed by atoms with Gasteiger partial charge in [-0.15, -0.1) is 0 Å². The van der Waals surface area contributed by atoms with Crippen LogP contribution in [0.1, 0.15) is 32.6 Å². The number of methoxy groups -OCH3 is 1. The molecule has 1 heterocycles. The largest absolute Gasteiger partial charge is 0.481 e. The minimum atomic E-state index is -0.865. The molecule has 2 atom stereocenters. The van der Waals surface area contributed by atoms with Crippen molar-refractivity contribution in [1.29, 1.82) is 0 Å². The van der Waals surface area contributed by atoms with Crippen LogP contribution in [0, 0.1) is 0 Å². The number of likely N-dealkylation sites (tertiary alicyclic amines) is 1. The number of carbonyl (C=O) groups excluding carboxylic acids is 1. The summed E-state index contributed by atoms with van der Waals surface area (Å²) < 4.78 is 5.19. The molecule has 0 saturated carbocycles. The fourth-order valence-corrected chi connectivity index (χ4v) is 2.10. The SMILES string of the molecule is CCCC(=O)N1CC(OC)CC1CC(=O)O. The average molecular weight is 229 g/mol. The molecule has 1 fully saturated rings. The number of hydrogen-bond donors (Lipinski definition) is 1. The number of rotatable bonds is 5. The van der Waals surface area contributed by atoms with Crippen molar-refractivity contribution in [3.63, 3.8) is 0 Å². The monoisotopic (exact) mass is 229 g/mol. The summed E-state index contributed by atoms with van der Waals surface area (Å²) in [6.45, 7) is 2.46. The molecule has 1 saturated heterocycles. The molecule has 1 aliphatic heterocycles. The first-order chi connectivity index (χ1) is 7.58. The Labute approximate surface area is 95.4 Å². The molecular weight excluding hydrogens is 210 g/mol. The van der Waals surface area contributed by atoms with Crippen LogP contribution in [0.3, 0.4) is 0 Å². The van der Waals surface area contributed by atoms with Crippen LogP contribution in [0.2, 0.25) is 0 Å². The Morgan fingerprint density at radius 3 is 2.69 bits per heavy atom. The van der Waals surface area contributed by atoms with Gasteiger partial charge in [0.1, 0.15) is 0 Å². The van der Waals surface area contributed by atoms with E-state index in [2.05, 4.69) is 0 Å². The lowest BCUT2D eigenvalue weighted by Gasteiger charge is -2.22. The molecule has 0 radical (unpaired) electrons. The van der Waals surface area contributed by atoms with Gasteiger partial charge in [-0.1, -0.05) is 6.92 Å². The van der Waals surface area contributed by atoms with E-state index in [1.54, 1.807) is 12.0 Å². The van der Waals surface area contributed by atoms with Crippen molar-refractivity contribution < 1.29 is 19.4 Å². The van der Waals surface area contributed by atoms with Gasteiger partial charge < -0.3 is 14.7 Å². The Morgan fingerprint density at radius 2 is 2.19 bits per heavy atom. The van der Waals surface area contributed by atoms with Crippen LogP contribution in [0.15, 0.2) is 0 Å². The molecule has 0 aliphatic carbocycles. The molecule has 1 aliphatic rings. The average Bonchev–Trinajstić information content (AvgIpc) is 2.60. The lowest BCUT2D eigenvalue weighted by molar-refractivity contribution is -0.139. The van der Waals surface area contributed by atoms with E-state index < -0.39 is 5.97 Å². The van der Waals surface area contributed by atoms with Gasteiger partial charge in [-0.25, -0.2) is 0 Å². The van der Waals surface area contributed by atoms with Crippen LogP contribution in [0.25, 0.3) is 0 Å². The minimum Gasteiger partial charge on any atom is -0.481 e. The molecular formula is C11H19NO4. The normalized spacial score (nSPS) is 24.8. The second kappa shape index (κ2) is 5.84. The summed E-state index contributed by atoms with van der Waals surface area (Å²) in [6, 6.07) is -0.207. The molecule has 5 nitrogen and oxygen atoms in total. The van der Waals surface area contributed by atoms with E-state index >= 15 is 0 Å². The van der Waals surface area contributed by atoms with Gasteiger partial charge in [-0.05, 0) is 12.8 Å². The molecule has 0 aromatic carbocycles. The standard InChI is InChI=1S/C11H19NO4/c1-3-4-10(13)12-7-9(16-2)5-8(12)6-11(14)15/h8-9H,3-7H2,1-2H3,(H,14,15). The van der Waals surface area contributed by atoms with Gasteiger partial charge in [0.25, 0.3) is 0 Å². The van der Waals surface area contributed by atoms with E-state index in [-0.39, 0.29) is 24.5 Å². The molecule has 2 unspecified atom stereocenters. The fourth-order valence-electron chi connectivity index (χ4n) is 2.10. The van der Waals surface area contributed by atoms with Gasteiger partial charge in [0.15, 0.2) is 0 Å². The van der Waals surface area contributed by atoms with Crippen molar-refractivity contribution >= 4 is 11.9 Å². The van der Waals surface area contributed by atoms with Gasteiger partial charge in [0.05, 0.1) is 12.5 Å². The second-order valence-corrected chi connectivity index (χ2v) is 4.14. The van der Waals surface area contributed by atoms with Crippen LogP contribution in [0.5, 0.6) is 0 Å². The van der Waals surface area contributed by atoms with E-state index in [9.17, 15) is 9.59 Å². The van der Waals surface area contributed by atoms with E-state index in [4.69, 9.17) is 9.84 Å². The van der Waals surface area contributed by atoms with Gasteiger partial charge in [0, 0.05) is 26.1 Å². The first-order valence-electron chi connectivity index (χ1n) is 5.62. The predicted molar refractivity (Wildman–Crippen MR) is 58.1 cm³/mol. The van der Waals surface area contributed by atoms with Crippen molar-refractivity contribution in [3.05, 3.63) is 0 Å². The molecule has 0 aromatic rings. The number of ether oxygens (including phenoxy) is 1. The Morgan fingerprint density at radius 1 is 1.50 bits per heavy atom. The number of carboxylic acid groups (broad SMARTS) is 1. The summed E-state index contributed by atoms with van der Waals surface area (Å²) in [7, 11) is 1.59. The topological polar surface area (TPSA) is 66.8 Å². The second-order valence-electron chi connectivity index (χ2n) is 4.14. The van der Waals surface area contributed by atoms with Crippen molar-refractivity contribution in [2.45, 2.75) is 44.8 Å². The van der Waals surface area contributed by atoms with Crippen LogP contribution in [0.4, 0.5) is 0 Å². The summed E-state index contributed by atoms with van der Waals surface area (Å²) in [5.41, 5.74) is 0. The Kier molecular flexibility index (Phi) is 4.73. The summed E-state index contributed by atoms with van der Waals surface area (Å²) in [6.07, 6.45) is 1.87. The van der Waals surface area contributed by atoms with E-state index in [1.807, 2.05) is 6.92 Å². The maximum atomic E-state index is 11.8. The van der Waals surface area contributed by atoms with E-state index in [1.165, 1.54) is 0 Å². The third-order valence-electron chi connectivity index (χ3n) is 2.90. The maximum Gasteiger partial charge on any atom is 0.305 e. The number of carboxylic acids is 1. The fraction of sp³-hybridized carbons (Fsp3) is 0.818. The van der Waals surface area contributed by atoms with Gasteiger partial charge in [-0.3, -0.25) is 9.59 Å². The highest BCUT2D eigenvalue weighted by molar-refractivity contribution is 5.78. The number of aliphatic carboxylic acids is 1. The molecule has 0 aromatic heterocycles. The molecule has 1 amide bonds. The van der Waals surface area contributed by atoms with Crippen LogP contribution in [-0.2, 0) is 14.3 Å². The van der Waals surface area contributed by atoms with Crippen molar-refractivity contribution in [3.8, 4) is 0 Å².